The number of aromatic nitrogens is 3. The van der Waals surface area contributed by atoms with Crippen LogP contribution < -0.4 is 0 Å². The van der Waals surface area contributed by atoms with E-state index in [4.69, 9.17) is 11.6 Å². The van der Waals surface area contributed by atoms with E-state index in [0.29, 0.717) is 18.0 Å². The quantitative estimate of drug-likeness (QED) is 0.637. The van der Waals surface area contributed by atoms with Crippen molar-refractivity contribution < 1.29 is 14.4 Å². The molecule has 0 aromatic carbocycles. The van der Waals surface area contributed by atoms with Gasteiger partial charge in [-0.25, -0.2) is 0 Å². The van der Waals surface area contributed by atoms with Crippen LogP contribution in [0.25, 0.3) is 5.65 Å². The second-order valence-electron chi connectivity index (χ2n) is 6.15. The fraction of sp³-hybridized carbons (Fsp3) is 0.438. The van der Waals surface area contributed by atoms with Crippen molar-refractivity contribution in [1.29, 1.82) is 0 Å². The Hall–Kier alpha value is -2.08. The largest absolute Gasteiger partial charge is 0.298 e. The number of ketones is 3. The Kier molecular flexibility index (Phi) is 3.30. The van der Waals surface area contributed by atoms with Gasteiger partial charge in [0.15, 0.2) is 23.0 Å². The van der Waals surface area contributed by atoms with E-state index < -0.39 is 11.7 Å². The summed E-state index contributed by atoms with van der Waals surface area (Å²) in [5.74, 6) is -1.14. The van der Waals surface area contributed by atoms with E-state index in [1.165, 1.54) is 0 Å². The lowest BCUT2D eigenvalue weighted by Gasteiger charge is -2.18. The van der Waals surface area contributed by atoms with E-state index in [1.807, 2.05) is 0 Å². The summed E-state index contributed by atoms with van der Waals surface area (Å²) in [6, 6.07) is 1.56. The summed E-state index contributed by atoms with van der Waals surface area (Å²) >= 11 is 6.32. The van der Waals surface area contributed by atoms with E-state index in [2.05, 4.69) is 10.2 Å². The van der Waals surface area contributed by atoms with Gasteiger partial charge in [0.2, 0.25) is 0 Å². The lowest BCUT2D eigenvalue weighted by Crippen LogP contribution is -2.35. The van der Waals surface area contributed by atoms with E-state index in [-0.39, 0.29) is 35.0 Å². The molecule has 0 radical (unpaired) electrons. The molecule has 2 saturated carbocycles. The van der Waals surface area contributed by atoms with Crippen LogP contribution in [0.2, 0.25) is 5.02 Å². The minimum atomic E-state index is -1.21. The maximum atomic E-state index is 12.7. The monoisotopic (exact) mass is 331 g/mol. The molecular formula is C16H14ClN3O3. The lowest BCUT2D eigenvalue weighted by atomic mass is 9.82. The van der Waals surface area contributed by atoms with E-state index >= 15 is 0 Å². The molecule has 0 N–H and O–H groups in total. The minimum Gasteiger partial charge on any atom is -0.298 e. The molecule has 2 aromatic rings. The number of carbonyl (C=O) groups excluding carboxylic acids is 3. The molecule has 2 aliphatic carbocycles. The Labute approximate surface area is 136 Å². The van der Waals surface area contributed by atoms with Crippen LogP contribution in [0.3, 0.4) is 0 Å². The smallest absolute Gasteiger partial charge is 0.182 e. The predicted octanol–water partition coefficient (Wildman–Crippen LogP) is 2.38. The van der Waals surface area contributed by atoms with Gasteiger partial charge in [-0.3, -0.25) is 18.8 Å². The molecule has 0 saturated heterocycles. The third kappa shape index (κ3) is 2.28. The zero-order valence-corrected chi connectivity index (χ0v) is 13.0. The van der Waals surface area contributed by atoms with Crippen molar-refractivity contribution in [3.05, 3.63) is 28.7 Å². The number of hydrogen-bond donors (Lipinski definition) is 0. The van der Waals surface area contributed by atoms with E-state index in [9.17, 15) is 14.4 Å². The summed E-state index contributed by atoms with van der Waals surface area (Å²) in [6.07, 6.45) is 4.88. The summed E-state index contributed by atoms with van der Waals surface area (Å²) in [4.78, 5) is 36.6. The number of Topliss-reactive ketones (excluding diaryl/α,β-unsaturated/α-hetero) is 3. The fourth-order valence-electron chi connectivity index (χ4n) is 3.11. The van der Waals surface area contributed by atoms with Crippen LogP contribution in [-0.2, 0) is 9.59 Å². The van der Waals surface area contributed by atoms with Crippen LogP contribution >= 0.6 is 11.6 Å². The Morgan fingerprint density at radius 3 is 2.52 bits per heavy atom. The molecule has 6 nitrogen and oxygen atoms in total. The van der Waals surface area contributed by atoms with Gasteiger partial charge in [0.1, 0.15) is 11.7 Å². The average Bonchev–Trinajstić information content (AvgIpc) is 3.27. The van der Waals surface area contributed by atoms with Crippen LogP contribution in [0.5, 0.6) is 0 Å². The molecule has 0 amide bonds. The zero-order chi connectivity index (χ0) is 16.1. The number of pyridine rings is 1. The standard InChI is InChI=1S/C16H14ClN3O3/c17-13-9(14(23)12-10(21)2-1-3-11(12)22)6-7-20-15(8-4-5-8)18-19-16(13)20/h6-8,12H,1-5H2. The average molecular weight is 332 g/mol. The van der Waals surface area contributed by atoms with E-state index in [0.717, 1.165) is 18.7 Å². The maximum absolute atomic E-state index is 12.7. The number of rotatable bonds is 3. The number of fused-ring (bicyclic) bond motifs is 1. The molecule has 0 spiro atoms. The van der Waals surface area contributed by atoms with Crippen molar-refractivity contribution >= 4 is 34.6 Å². The predicted molar refractivity (Wildman–Crippen MR) is 81.7 cm³/mol. The highest BCUT2D eigenvalue weighted by atomic mass is 35.5. The van der Waals surface area contributed by atoms with Crippen LogP contribution in [0, 0.1) is 5.92 Å². The Balaban J connectivity index is 1.76. The van der Waals surface area contributed by atoms with E-state index in [1.54, 1.807) is 16.7 Å². The second kappa shape index (κ2) is 5.23. The summed E-state index contributed by atoms with van der Waals surface area (Å²) in [6.45, 7) is 0. The van der Waals surface area contributed by atoms with Gasteiger partial charge in [-0.1, -0.05) is 11.6 Å². The van der Waals surface area contributed by atoms with Crippen LogP contribution in [0.4, 0.5) is 0 Å². The Morgan fingerprint density at radius 1 is 1.17 bits per heavy atom. The highest BCUT2D eigenvalue weighted by Crippen LogP contribution is 2.39. The molecule has 4 rings (SSSR count). The van der Waals surface area contributed by atoms with Crippen LogP contribution in [-0.4, -0.2) is 31.9 Å². The normalized spacial score (nSPS) is 19.5. The molecule has 0 atom stereocenters. The van der Waals surface area contributed by atoms with Gasteiger partial charge in [0.05, 0.1) is 5.02 Å². The van der Waals surface area contributed by atoms with Gasteiger partial charge < -0.3 is 0 Å². The second-order valence-corrected chi connectivity index (χ2v) is 6.53. The molecule has 0 unspecified atom stereocenters. The molecule has 7 heteroatoms. The third-order valence-electron chi connectivity index (χ3n) is 4.51. The van der Waals surface area contributed by atoms with Crippen LogP contribution in [0.1, 0.15) is 54.2 Å². The first-order chi connectivity index (χ1) is 11.1. The highest BCUT2D eigenvalue weighted by molar-refractivity contribution is 6.38. The van der Waals surface area contributed by atoms with Gasteiger partial charge in [0, 0.05) is 30.5 Å². The van der Waals surface area contributed by atoms with Crippen molar-refractivity contribution in [2.45, 2.75) is 38.0 Å². The molecular weight excluding hydrogens is 318 g/mol. The van der Waals surface area contributed by atoms with Crippen molar-refractivity contribution in [1.82, 2.24) is 14.6 Å². The van der Waals surface area contributed by atoms with Crippen molar-refractivity contribution in [2.75, 3.05) is 0 Å². The number of carbonyl (C=O) groups is 3. The minimum absolute atomic E-state index is 0.156. The molecule has 2 fully saturated rings. The lowest BCUT2D eigenvalue weighted by molar-refractivity contribution is -0.133. The van der Waals surface area contributed by atoms with Gasteiger partial charge in [-0.05, 0) is 25.3 Å². The summed E-state index contributed by atoms with van der Waals surface area (Å²) in [5.41, 5.74) is 0.567. The van der Waals surface area contributed by atoms with Gasteiger partial charge in [0.25, 0.3) is 0 Å². The molecule has 0 bridgehead atoms. The summed E-state index contributed by atoms with van der Waals surface area (Å²) in [5, 5.41) is 8.36. The van der Waals surface area contributed by atoms with Crippen molar-refractivity contribution in [3.8, 4) is 0 Å². The maximum Gasteiger partial charge on any atom is 0.182 e. The van der Waals surface area contributed by atoms with Gasteiger partial charge >= 0.3 is 0 Å². The molecule has 0 aliphatic heterocycles. The first-order valence-electron chi connectivity index (χ1n) is 7.70. The number of nitrogens with zero attached hydrogens (tertiary/aromatic N) is 3. The molecule has 118 valence electrons. The summed E-state index contributed by atoms with van der Waals surface area (Å²) < 4.78 is 1.78. The highest BCUT2D eigenvalue weighted by Gasteiger charge is 2.38. The first-order valence-corrected chi connectivity index (χ1v) is 8.08. The first kappa shape index (κ1) is 14.5. The fourth-order valence-corrected chi connectivity index (χ4v) is 3.39. The topological polar surface area (TPSA) is 81.4 Å². The SMILES string of the molecule is O=C1CCCC(=O)C1C(=O)c1ccn2c(C3CC3)nnc2c1Cl. The Bertz CT molecular complexity index is 838. The molecule has 2 heterocycles. The molecule has 2 aromatic heterocycles. The number of hydrogen-bond acceptors (Lipinski definition) is 5. The van der Waals surface area contributed by atoms with Gasteiger partial charge in [-0.2, -0.15) is 0 Å². The zero-order valence-electron chi connectivity index (χ0n) is 12.3. The molecule has 2 aliphatic rings. The van der Waals surface area contributed by atoms with Crippen LogP contribution in [0.15, 0.2) is 12.3 Å². The Morgan fingerprint density at radius 2 is 1.87 bits per heavy atom. The summed E-state index contributed by atoms with van der Waals surface area (Å²) in [7, 11) is 0. The van der Waals surface area contributed by atoms with Crippen molar-refractivity contribution in [3.63, 3.8) is 0 Å². The van der Waals surface area contributed by atoms with Gasteiger partial charge in [-0.15, -0.1) is 10.2 Å². The third-order valence-corrected chi connectivity index (χ3v) is 4.88. The molecule has 23 heavy (non-hydrogen) atoms. The number of halogens is 1. The van der Waals surface area contributed by atoms with Crippen molar-refractivity contribution in [2.24, 2.45) is 5.92 Å².